The molecule has 2 heterocycles. The van der Waals surface area contributed by atoms with Crippen LogP contribution < -0.4 is 4.74 Å². The van der Waals surface area contributed by atoms with Crippen LogP contribution in [0.5, 0.6) is 5.75 Å². The van der Waals surface area contributed by atoms with E-state index in [1.165, 1.54) is 0 Å². The lowest BCUT2D eigenvalue weighted by molar-refractivity contribution is 0.415. The van der Waals surface area contributed by atoms with Gasteiger partial charge in [0.25, 0.3) is 0 Å². The van der Waals surface area contributed by atoms with E-state index in [1.54, 1.807) is 18.4 Å². The fraction of sp³-hybridized carbons (Fsp3) is 0.154. The summed E-state index contributed by atoms with van der Waals surface area (Å²) in [4.78, 5) is 5.83. The van der Waals surface area contributed by atoms with Gasteiger partial charge in [-0.1, -0.05) is 0 Å². The molecular weight excluding hydrogens is 312 g/mol. The monoisotopic (exact) mass is 322 g/mol. The van der Waals surface area contributed by atoms with Gasteiger partial charge in [0.1, 0.15) is 5.75 Å². The van der Waals surface area contributed by atoms with Crippen LogP contribution in [0.4, 0.5) is 0 Å². The number of fused-ring (bicyclic) bond motifs is 1. The first-order valence-corrected chi connectivity index (χ1v) is 7.06. The molecule has 0 fully saturated rings. The quantitative estimate of drug-likeness (QED) is 0.711. The number of thiophene rings is 1. The van der Waals surface area contributed by atoms with Crippen LogP contribution in [0.3, 0.4) is 0 Å². The van der Waals surface area contributed by atoms with Crippen LogP contribution in [-0.2, 0) is 7.05 Å². The zero-order valence-electron chi connectivity index (χ0n) is 9.98. The van der Waals surface area contributed by atoms with Crippen molar-refractivity contribution in [2.45, 2.75) is 0 Å². The fourth-order valence-corrected chi connectivity index (χ4v) is 3.37. The van der Waals surface area contributed by atoms with Crippen LogP contribution >= 0.6 is 27.3 Å². The van der Waals surface area contributed by atoms with Crippen molar-refractivity contribution in [1.82, 2.24) is 9.55 Å². The smallest absolute Gasteiger partial charge is 0.151 e. The lowest BCUT2D eigenvalue weighted by atomic mass is 10.3. The van der Waals surface area contributed by atoms with Gasteiger partial charge in [0.2, 0.25) is 0 Å². The second kappa shape index (κ2) is 4.40. The van der Waals surface area contributed by atoms with E-state index in [4.69, 9.17) is 4.74 Å². The molecule has 0 spiro atoms. The van der Waals surface area contributed by atoms with Gasteiger partial charge in [0.05, 0.1) is 26.8 Å². The zero-order chi connectivity index (χ0) is 12.7. The average molecular weight is 323 g/mol. The van der Waals surface area contributed by atoms with Crippen LogP contribution in [0.1, 0.15) is 0 Å². The molecule has 3 nitrogen and oxygen atoms in total. The van der Waals surface area contributed by atoms with E-state index >= 15 is 0 Å². The Bertz CT molecular complexity index is 717. The van der Waals surface area contributed by atoms with Gasteiger partial charge in [-0.15, -0.1) is 11.3 Å². The Balaban J connectivity index is 2.22. The van der Waals surface area contributed by atoms with Crippen LogP contribution in [0.15, 0.2) is 34.1 Å². The molecule has 0 aliphatic heterocycles. The Morgan fingerprint density at radius 2 is 2.11 bits per heavy atom. The SMILES string of the molecule is COc1ccc2c(c1)nc(-c1ccc(Br)s1)n2C. The summed E-state index contributed by atoms with van der Waals surface area (Å²) in [5.74, 6) is 1.81. The first-order chi connectivity index (χ1) is 8.69. The summed E-state index contributed by atoms with van der Waals surface area (Å²) in [5.41, 5.74) is 2.06. The van der Waals surface area contributed by atoms with Crippen molar-refractivity contribution in [3.63, 3.8) is 0 Å². The largest absolute Gasteiger partial charge is 0.497 e. The van der Waals surface area contributed by atoms with Gasteiger partial charge in [-0.25, -0.2) is 4.98 Å². The molecule has 5 heteroatoms. The molecule has 0 radical (unpaired) electrons. The third kappa shape index (κ3) is 1.83. The van der Waals surface area contributed by atoms with E-state index in [1.807, 2.05) is 31.3 Å². The Hall–Kier alpha value is -1.33. The number of rotatable bonds is 2. The van der Waals surface area contributed by atoms with E-state index in [0.29, 0.717) is 0 Å². The fourth-order valence-electron chi connectivity index (χ4n) is 1.96. The van der Waals surface area contributed by atoms with Crippen LogP contribution in [0.25, 0.3) is 21.7 Å². The average Bonchev–Trinajstić information content (AvgIpc) is 2.93. The van der Waals surface area contributed by atoms with Gasteiger partial charge in [0.15, 0.2) is 5.82 Å². The summed E-state index contributed by atoms with van der Waals surface area (Å²) in [5, 5.41) is 0. The molecule has 0 aliphatic carbocycles. The van der Waals surface area contributed by atoms with Gasteiger partial charge < -0.3 is 9.30 Å². The van der Waals surface area contributed by atoms with Crippen LogP contribution in [0, 0.1) is 0 Å². The van der Waals surface area contributed by atoms with Crippen molar-refractivity contribution in [1.29, 1.82) is 0 Å². The molecule has 3 rings (SSSR count). The molecule has 18 heavy (non-hydrogen) atoms. The molecule has 92 valence electrons. The number of hydrogen-bond donors (Lipinski definition) is 0. The highest BCUT2D eigenvalue weighted by Gasteiger charge is 2.12. The Morgan fingerprint density at radius 1 is 1.28 bits per heavy atom. The Kier molecular flexibility index (Phi) is 2.87. The topological polar surface area (TPSA) is 27.1 Å². The second-order valence-corrected chi connectivity index (χ2v) is 6.42. The van der Waals surface area contributed by atoms with E-state index in [0.717, 1.165) is 31.3 Å². The van der Waals surface area contributed by atoms with Gasteiger partial charge >= 0.3 is 0 Å². The van der Waals surface area contributed by atoms with E-state index in [2.05, 4.69) is 31.5 Å². The van der Waals surface area contributed by atoms with E-state index in [9.17, 15) is 0 Å². The molecule has 0 saturated heterocycles. The maximum atomic E-state index is 5.23. The number of ether oxygens (including phenoxy) is 1. The predicted molar refractivity (Wildman–Crippen MR) is 78.3 cm³/mol. The maximum absolute atomic E-state index is 5.23. The number of imidazole rings is 1. The minimum absolute atomic E-state index is 0.833. The summed E-state index contributed by atoms with van der Waals surface area (Å²) >= 11 is 5.16. The van der Waals surface area contributed by atoms with Crippen LogP contribution in [-0.4, -0.2) is 16.7 Å². The molecule has 0 aliphatic rings. The number of methoxy groups -OCH3 is 1. The summed E-state index contributed by atoms with van der Waals surface area (Å²) in [6.07, 6.45) is 0. The lowest BCUT2D eigenvalue weighted by Crippen LogP contribution is -1.90. The van der Waals surface area contributed by atoms with Crippen molar-refractivity contribution in [2.75, 3.05) is 7.11 Å². The maximum Gasteiger partial charge on any atom is 0.151 e. The standard InChI is InChI=1S/C13H11BrN2OS/c1-16-10-4-3-8(17-2)7-9(10)15-13(16)11-5-6-12(14)18-11/h3-7H,1-2H3. The molecule has 0 amide bonds. The summed E-state index contributed by atoms with van der Waals surface area (Å²) in [6.45, 7) is 0. The third-order valence-electron chi connectivity index (χ3n) is 2.88. The minimum Gasteiger partial charge on any atom is -0.497 e. The normalized spacial score (nSPS) is 11.1. The molecule has 0 atom stereocenters. The summed E-state index contributed by atoms with van der Waals surface area (Å²) in [6, 6.07) is 10.1. The number of aryl methyl sites for hydroxylation is 1. The van der Waals surface area contributed by atoms with Crippen molar-refractivity contribution in [2.24, 2.45) is 7.05 Å². The lowest BCUT2D eigenvalue weighted by Gasteiger charge is -2.00. The van der Waals surface area contributed by atoms with Crippen molar-refractivity contribution >= 4 is 38.3 Å². The van der Waals surface area contributed by atoms with Crippen molar-refractivity contribution < 1.29 is 4.74 Å². The number of halogens is 1. The Morgan fingerprint density at radius 3 is 2.78 bits per heavy atom. The minimum atomic E-state index is 0.833. The number of nitrogens with zero attached hydrogens (tertiary/aromatic N) is 2. The van der Waals surface area contributed by atoms with Gasteiger partial charge in [-0.05, 0) is 40.2 Å². The zero-order valence-corrected chi connectivity index (χ0v) is 12.4. The highest BCUT2D eigenvalue weighted by atomic mass is 79.9. The highest BCUT2D eigenvalue weighted by molar-refractivity contribution is 9.11. The van der Waals surface area contributed by atoms with Crippen molar-refractivity contribution in [3.05, 3.63) is 34.1 Å². The van der Waals surface area contributed by atoms with E-state index in [-0.39, 0.29) is 0 Å². The van der Waals surface area contributed by atoms with Gasteiger partial charge in [-0.3, -0.25) is 0 Å². The number of hydrogen-bond acceptors (Lipinski definition) is 3. The predicted octanol–water partition coefficient (Wildman–Crippen LogP) is 4.07. The molecule has 1 aromatic carbocycles. The first kappa shape index (κ1) is 11.7. The van der Waals surface area contributed by atoms with Gasteiger partial charge in [-0.2, -0.15) is 0 Å². The molecule has 3 aromatic rings. The molecule has 0 bridgehead atoms. The number of aromatic nitrogens is 2. The molecule has 0 unspecified atom stereocenters. The highest BCUT2D eigenvalue weighted by Crippen LogP contribution is 2.32. The second-order valence-electron chi connectivity index (χ2n) is 3.95. The van der Waals surface area contributed by atoms with E-state index < -0.39 is 0 Å². The number of benzene rings is 1. The summed E-state index contributed by atoms with van der Waals surface area (Å²) in [7, 11) is 3.70. The Labute approximate surface area is 117 Å². The first-order valence-electron chi connectivity index (χ1n) is 5.45. The van der Waals surface area contributed by atoms with Crippen molar-refractivity contribution in [3.8, 4) is 16.5 Å². The molecule has 2 aromatic heterocycles. The summed E-state index contributed by atoms with van der Waals surface area (Å²) < 4.78 is 8.44. The molecule has 0 saturated carbocycles. The van der Waals surface area contributed by atoms with Crippen LogP contribution in [0.2, 0.25) is 0 Å². The molecular formula is C13H11BrN2OS. The molecule has 0 N–H and O–H groups in total. The van der Waals surface area contributed by atoms with Gasteiger partial charge in [0, 0.05) is 13.1 Å². The third-order valence-corrected chi connectivity index (χ3v) is 4.50.